The predicted molar refractivity (Wildman–Crippen MR) is 182 cm³/mol. The van der Waals surface area contributed by atoms with E-state index in [9.17, 15) is 10.1 Å². The number of benzene rings is 1. The number of nitrogens with zero attached hydrogens (tertiary/aromatic N) is 3. The van der Waals surface area contributed by atoms with Gasteiger partial charge < -0.3 is 32.1 Å². The van der Waals surface area contributed by atoms with Gasteiger partial charge in [-0.2, -0.15) is 0 Å². The quantitative estimate of drug-likeness (QED) is 0.231. The molecule has 160 valence electrons. The zero-order valence-corrected chi connectivity index (χ0v) is 32.5. The molecule has 0 aliphatic carbocycles. The van der Waals surface area contributed by atoms with Crippen molar-refractivity contribution in [3.05, 3.63) is 46.8 Å². The molecule has 0 atom stereocenters. The standard InChI is InChI=1S/C12H16N4O2.BrH.4I2/c1-14-8-9-15(10-14)7-6-13-11-2-4-12(5-3-11)16(17)18;;4*1-2/h2-5,8-9,13H,6-7,10H2,1H3;1H;;;;/p-1. The van der Waals surface area contributed by atoms with Crippen LogP contribution in [-0.2, 0) is 0 Å². The highest BCUT2D eigenvalue weighted by atomic mass is 128. The molecule has 0 radical (unpaired) electrons. The van der Waals surface area contributed by atoms with E-state index >= 15 is 0 Å². The van der Waals surface area contributed by atoms with E-state index in [-0.39, 0.29) is 22.7 Å². The molecular formula is C12H16BrI8N4O2-. The first-order valence-corrected chi connectivity index (χ1v) is 31.5. The van der Waals surface area contributed by atoms with Crippen LogP contribution in [0.25, 0.3) is 0 Å². The summed E-state index contributed by atoms with van der Waals surface area (Å²) < 4.78 is 0. The molecule has 0 spiro atoms. The van der Waals surface area contributed by atoms with Gasteiger partial charge in [0.15, 0.2) is 0 Å². The average molecular weight is 1340 g/mol. The number of hydrogen-bond donors (Lipinski definition) is 1. The Labute approximate surface area is 264 Å². The molecule has 0 saturated heterocycles. The van der Waals surface area contributed by atoms with Gasteiger partial charge >= 0.3 is 0 Å². The second kappa shape index (κ2) is 30.1. The Bertz CT molecular complexity index is 473. The highest BCUT2D eigenvalue weighted by Crippen LogP contribution is 2.15. The molecule has 15 heteroatoms. The number of nitro benzene ring substituents is 1. The van der Waals surface area contributed by atoms with E-state index in [0.29, 0.717) is 0 Å². The van der Waals surface area contributed by atoms with Crippen molar-refractivity contribution in [2.75, 3.05) is 32.1 Å². The number of nitro groups is 1. The van der Waals surface area contributed by atoms with Crippen LogP contribution in [0, 0.1) is 10.1 Å². The third-order valence-corrected chi connectivity index (χ3v) is 2.74. The molecule has 0 aromatic heterocycles. The van der Waals surface area contributed by atoms with Gasteiger partial charge in [0.1, 0.15) is 0 Å². The molecule has 0 bridgehead atoms. The van der Waals surface area contributed by atoms with Crippen molar-refractivity contribution in [2.24, 2.45) is 0 Å². The smallest absolute Gasteiger partial charge is 0.269 e. The molecule has 2 rings (SSSR count). The van der Waals surface area contributed by atoms with Gasteiger partial charge in [-0.25, -0.2) is 0 Å². The average Bonchev–Trinajstić information content (AvgIpc) is 3.13. The Morgan fingerprint density at radius 1 is 1.00 bits per heavy atom. The Morgan fingerprint density at radius 3 is 1.85 bits per heavy atom. The van der Waals surface area contributed by atoms with E-state index < -0.39 is 4.92 Å². The molecule has 6 nitrogen and oxygen atoms in total. The van der Waals surface area contributed by atoms with E-state index in [2.05, 4.69) is 170 Å². The van der Waals surface area contributed by atoms with Crippen LogP contribution in [0.15, 0.2) is 36.7 Å². The van der Waals surface area contributed by atoms with Crippen molar-refractivity contribution in [3.8, 4) is 0 Å². The van der Waals surface area contributed by atoms with Gasteiger partial charge in [0, 0.05) is 199 Å². The summed E-state index contributed by atoms with van der Waals surface area (Å²) in [5, 5.41) is 13.7. The van der Waals surface area contributed by atoms with Crippen molar-refractivity contribution in [2.45, 2.75) is 0 Å². The van der Waals surface area contributed by atoms with Crippen molar-refractivity contribution in [1.82, 2.24) is 9.80 Å². The van der Waals surface area contributed by atoms with Crippen LogP contribution in [0.4, 0.5) is 11.4 Å². The summed E-state index contributed by atoms with van der Waals surface area (Å²) in [6, 6.07) is 6.46. The van der Waals surface area contributed by atoms with Gasteiger partial charge in [0.05, 0.1) is 11.6 Å². The largest absolute Gasteiger partial charge is 1.00 e. The van der Waals surface area contributed by atoms with Crippen LogP contribution in [-0.4, -0.2) is 41.5 Å². The van der Waals surface area contributed by atoms with Crippen molar-refractivity contribution >= 4 is 160 Å². The number of halogens is 9. The van der Waals surface area contributed by atoms with Gasteiger partial charge in [0.2, 0.25) is 0 Å². The van der Waals surface area contributed by atoms with Crippen LogP contribution < -0.4 is 22.3 Å². The lowest BCUT2D eigenvalue weighted by molar-refractivity contribution is -0.384. The number of non-ortho nitro benzene ring substituents is 1. The van der Waals surface area contributed by atoms with Crippen LogP contribution in [0.3, 0.4) is 0 Å². The fourth-order valence-corrected chi connectivity index (χ4v) is 1.78. The van der Waals surface area contributed by atoms with E-state index in [1.54, 1.807) is 12.1 Å². The van der Waals surface area contributed by atoms with E-state index in [4.69, 9.17) is 0 Å². The monoisotopic (exact) mass is 1340 g/mol. The Kier molecular flexibility index (Phi) is 42.7. The lowest BCUT2D eigenvalue weighted by atomic mass is 10.3. The third-order valence-electron chi connectivity index (χ3n) is 2.74. The van der Waals surface area contributed by atoms with E-state index in [1.165, 1.54) is 12.1 Å². The fourth-order valence-electron chi connectivity index (χ4n) is 1.78. The third kappa shape index (κ3) is 21.7. The SMILES string of the molecule is CN1C=CN(CCNc2ccc([N+](=O)[O-])cc2)C1.II.II.II.II.[Br-]. The van der Waals surface area contributed by atoms with Crippen LogP contribution in [0.5, 0.6) is 0 Å². The van der Waals surface area contributed by atoms with Gasteiger partial charge in [-0.15, -0.1) is 0 Å². The number of nitrogens with one attached hydrogen (secondary N) is 1. The maximum Gasteiger partial charge on any atom is 0.269 e. The Balaban J connectivity index is -0.000000261. The van der Waals surface area contributed by atoms with Gasteiger partial charge in [-0.05, 0) is 12.1 Å². The second-order valence-electron chi connectivity index (χ2n) is 4.24. The zero-order valence-electron chi connectivity index (χ0n) is 13.6. The first-order valence-electron chi connectivity index (χ1n) is 6.33. The topological polar surface area (TPSA) is 61.6 Å². The van der Waals surface area contributed by atoms with Gasteiger partial charge in [-0.3, -0.25) is 10.1 Å². The van der Waals surface area contributed by atoms with E-state index in [1.807, 2.05) is 13.2 Å². The maximum atomic E-state index is 10.5. The summed E-state index contributed by atoms with van der Waals surface area (Å²) >= 11 is 17.0. The highest BCUT2D eigenvalue weighted by Gasteiger charge is 2.07. The number of hydrogen-bond acceptors (Lipinski definition) is 5. The molecule has 1 aliphatic heterocycles. The normalized spacial score (nSPS) is 10.3. The minimum Gasteiger partial charge on any atom is -1.00 e. The molecule has 1 heterocycles. The molecule has 1 aliphatic rings. The maximum absolute atomic E-state index is 10.5. The van der Waals surface area contributed by atoms with Crippen LogP contribution >= 0.6 is 149 Å². The molecule has 0 fully saturated rings. The molecule has 1 N–H and O–H groups in total. The highest BCUT2D eigenvalue weighted by molar-refractivity contribution is 15.0. The minimum atomic E-state index is -0.394. The zero-order chi connectivity index (χ0) is 21.0. The first-order chi connectivity index (χ1) is 12.6. The molecule has 0 saturated carbocycles. The summed E-state index contributed by atoms with van der Waals surface area (Å²) in [6.45, 7) is 2.61. The summed E-state index contributed by atoms with van der Waals surface area (Å²) in [5.74, 6) is 0. The van der Waals surface area contributed by atoms with Gasteiger partial charge in [-0.1, -0.05) is 0 Å². The Hall–Kier alpha value is 4.08. The van der Waals surface area contributed by atoms with E-state index in [0.717, 1.165) is 25.4 Å². The van der Waals surface area contributed by atoms with Crippen LogP contribution in [0.2, 0.25) is 0 Å². The van der Waals surface area contributed by atoms with Crippen molar-refractivity contribution in [1.29, 1.82) is 0 Å². The lowest BCUT2D eigenvalue weighted by Gasteiger charge is -2.18. The summed E-state index contributed by atoms with van der Waals surface area (Å²) in [7, 11) is 2.03. The fraction of sp³-hybridized carbons (Fsp3) is 0.333. The molecule has 1 aromatic carbocycles. The van der Waals surface area contributed by atoms with Crippen molar-refractivity contribution < 1.29 is 21.9 Å². The number of rotatable bonds is 5. The minimum absolute atomic E-state index is 0. The molecular weight excluding hydrogens is 1330 g/mol. The second-order valence-corrected chi connectivity index (χ2v) is 4.24. The lowest BCUT2D eigenvalue weighted by Crippen LogP contribution is -3.00. The van der Waals surface area contributed by atoms with Crippen LogP contribution in [0.1, 0.15) is 0 Å². The molecule has 1 aromatic rings. The summed E-state index contributed by atoms with van der Waals surface area (Å²) in [4.78, 5) is 14.4. The molecule has 0 unspecified atom stereocenters. The summed E-state index contributed by atoms with van der Waals surface area (Å²) in [6.07, 6.45) is 4.09. The first kappa shape index (κ1) is 38.3. The number of anilines is 1. The predicted octanol–water partition coefficient (Wildman–Crippen LogP) is 5.77. The van der Waals surface area contributed by atoms with Gasteiger partial charge in [0.25, 0.3) is 5.69 Å². The Morgan fingerprint density at radius 2 is 1.48 bits per heavy atom. The van der Waals surface area contributed by atoms with Crippen molar-refractivity contribution in [3.63, 3.8) is 0 Å². The molecule has 27 heavy (non-hydrogen) atoms. The molecule has 0 amide bonds. The summed E-state index contributed by atoms with van der Waals surface area (Å²) in [5.41, 5.74) is 1.02.